The summed E-state index contributed by atoms with van der Waals surface area (Å²) in [7, 11) is 0. The van der Waals surface area contributed by atoms with Gasteiger partial charge >= 0.3 is 0 Å². The molecule has 0 aliphatic carbocycles. The molecule has 0 radical (unpaired) electrons. The summed E-state index contributed by atoms with van der Waals surface area (Å²) in [5.41, 5.74) is 5.01. The minimum absolute atomic E-state index is 1.05. The molecule has 0 bridgehead atoms. The van der Waals surface area contributed by atoms with Gasteiger partial charge in [0.1, 0.15) is 0 Å². The summed E-state index contributed by atoms with van der Waals surface area (Å²) >= 11 is 0. The van der Waals surface area contributed by atoms with Gasteiger partial charge in [0.25, 0.3) is 0 Å². The van der Waals surface area contributed by atoms with Crippen molar-refractivity contribution in [1.29, 1.82) is 0 Å². The first-order valence-corrected chi connectivity index (χ1v) is 9.03. The van der Waals surface area contributed by atoms with Crippen LogP contribution in [0.2, 0.25) is 0 Å². The van der Waals surface area contributed by atoms with E-state index in [2.05, 4.69) is 70.3 Å². The second kappa shape index (κ2) is 8.65. The number of H-pyrrole nitrogens is 1. The Bertz CT molecular complexity index is 733. The van der Waals surface area contributed by atoms with E-state index in [4.69, 9.17) is 0 Å². The summed E-state index contributed by atoms with van der Waals surface area (Å²) < 4.78 is 0. The zero-order chi connectivity index (χ0) is 16.6. The van der Waals surface area contributed by atoms with Crippen LogP contribution < -0.4 is 0 Å². The van der Waals surface area contributed by atoms with Crippen LogP contribution in [0.15, 0.2) is 54.9 Å². The molecule has 0 spiro atoms. The number of benzene rings is 2. The monoisotopic (exact) mass is 321 g/mol. The number of aromatic nitrogens is 2. The molecule has 0 amide bonds. The van der Waals surface area contributed by atoms with Crippen LogP contribution in [0.1, 0.15) is 30.9 Å². The lowest BCUT2D eigenvalue weighted by Crippen LogP contribution is -2.28. The van der Waals surface area contributed by atoms with Gasteiger partial charge in [-0.15, -0.1) is 0 Å². The van der Waals surface area contributed by atoms with E-state index >= 15 is 0 Å². The normalized spacial score (nSPS) is 11.4. The molecular weight excluding hydrogens is 294 g/mol. The molecule has 3 heteroatoms. The predicted octanol–water partition coefficient (Wildman–Crippen LogP) is 4.45. The Kier molecular flexibility index (Phi) is 6.02. The first-order valence-electron chi connectivity index (χ1n) is 9.03. The molecule has 0 atom stereocenters. The standard InChI is InChI=1S/C21H27N3/c1-2-13-24(14-6-9-18-7-4-3-5-8-18)15-12-19-10-11-20-21(16-19)23-17-22-20/h3-5,7-8,10-11,16-17H,2,6,9,12-15H2,1H3,(H,22,23). The lowest BCUT2D eigenvalue weighted by atomic mass is 10.1. The Hall–Kier alpha value is -2.13. The van der Waals surface area contributed by atoms with E-state index in [9.17, 15) is 0 Å². The van der Waals surface area contributed by atoms with Gasteiger partial charge in [-0.3, -0.25) is 0 Å². The van der Waals surface area contributed by atoms with Gasteiger partial charge in [-0.05, 0) is 62.0 Å². The third-order valence-electron chi connectivity index (χ3n) is 4.52. The summed E-state index contributed by atoms with van der Waals surface area (Å²) in [5, 5.41) is 0. The van der Waals surface area contributed by atoms with E-state index in [1.165, 1.54) is 43.5 Å². The highest BCUT2D eigenvalue weighted by atomic mass is 15.1. The first-order chi connectivity index (χ1) is 11.8. The highest BCUT2D eigenvalue weighted by Gasteiger charge is 2.06. The molecule has 3 nitrogen and oxygen atoms in total. The maximum Gasteiger partial charge on any atom is 0.0931 e. The summed E-state index contributed by atoms with van der Waals surface area (Å²) in [5.74, 6) is 0. The predicted molar refractivity (Wildman–Crippen MR) is 101 cm³/mol. The third-order valence-corrected chi connectivity index (χ3v) is 4.52. The maximum absolute atomic E-state index is 4.29. The van der Waals surface area contributed by atoms with Gasteiger partial charge in [0.05, 0.1) is 17.4 Å². The van der Waals surface area contributed by atoms with Gasteiger partial charge < -0.3 is 9.88 Å². The average Bonchev–Trinajstić information content (AvgIpc) is 3.08. The summed E-state index contributed by atoms with van der Waals surface area (Å²) in [6.07, 6.45) is 6.47. The molecule has 3 aromatic rings. The van der Waals surface area contributed by atoms with Gasteiger partial charge in [-0.2, -0.15) is 0 Å². The van der Waals surface area contributed by atoms with Crippen molar-refractivity contribution in [1.82, 2.24) is 14.9 Å². The number of rotatable bonds is 9. The molecule has 0 saturated carbocycles. The lowest BCUT2D eigenvalue weighted by molar-refractivity contribution is 0.274. The summed E-state index contributed by atoms with van der Waals surface area (Å²) in [6, 6.07) is 17.3. The van der Waals surface area contributed by atoms with Crippen molar-refractivity contribution in [2.45, 2.75) is 32.6 Å². The van der Waals surface area contributed by atoms with E-state index in [0.717, 1.165) is 24.0 Å². The Balaban J connectivity index is 1.49. The average molecular weight is 321 g/mol. The molecule has 0 aliphatic rings. The van der Waals surface area contributed by atoms with Crippen LogP contribution >= 0.6 is 0 Å². The Morgan fingerprint density at radius 3 is 2.62 bits per heavy atom. The molecule has 1 heterocycles. The topological polar surface area (TPSA) is 31.9 Å². The van der Waals surface area contributed by atoms with Crippen molar-refractivity contribution in [3.63, 3.8) is 0 Å². The fraction of sp³-hybridized carbons (Fsp3) is 0.381. The molecule has 2 aromatic carbocycles. The van der Waals surface area contributed by atoms with Crippen molar-refractivity contribution in [2.75, 3.05) is 19.6 Å². The van der Waals surface area contributed by atoms with Crippen molar-refractivity contribution < 1.29 is 0 Å². The van der Waals surface area contributed by atoms with Crippen LogP contribution in [0, 0.1) is 0 Å². The fourth-order valence-electron chi connectivity index (χ4n) is 3.23. The molecule has 3 rings (SSSR count). The molecule has 0 unspecified atom stereocenters. The summed E-state index contributed by atoms with van der Waals surface area (Å²) in [4.78, 5) is 10.1. The van der Waals surface area contributed by atoms with Crippen LogP contribution in [0.4, 0.5) is 0 Å². The Morgan fingerprint density at radius 1 is 0.917 bits per heavy atom. The second-order valence-electron chi connectivity index (χ2n) is 6.43. The smallest absolute Gasteiger partial charge is 0.0931 e. The van der Waals surface area contributed by atoms with Crippen LogP contribution in [-0.4, -0.2) is 34.5 Å². The number of nitrogens with zero attached hydrogens (tertiary/aromatic N) is 2. The number of hydrogen-bond acceptors (Lipinski definition) is 2. The number of aryl methyl sites for hydroxylation is 1. The van der Waals surface area contributed by atoms with Gasteiger partial charge in [0.2, 0.25) is 0 Å². The van der Waals surface area contributed by atoms with E-state index in [0.29, 0.717) is 0 Å². The van der Waals surface area contributed by atoms with Crippen molar-refractivity contribution >= 4 is 11.0 Å². The number of hydrogen-bond donors (Lipinski definition) is 1. The lowest BCUT2D eigenvalue weighted by Gasteiger charge is -2.21. The van der Waals surface area contributed by atoms with E-state index in [1.807, 2.05) is 0 Å². The second-order valence-corrected chi connectivity index (χ2v) is 6.43. The molecule has 126 valence electrons. The molecule has 0 aliphatic heterocycles. The zero-order valence-electron chi connectivity index (χ0n) is 14.5. The zero-order valence-corrected chi connectivity index (χ0v) is 14.5. The highest BCUT2D eigenvalue weighted by Crippen LogP contribution is 2.13. The third kappa shape index (κ3) is 4.68. The molecule has 0 saturated heterocycles. The Morgan fingerprint density at radius 2 is 1.79 bits per heavy atom. The number of fused-ring (bicyclic) bond motifs is 1. The van der Waals surface area contributed by atoms with Gasteiger partial charge in [-0.1, -0.05) is 43.3 Å². The van der Waals surface area contributed by atoms with E-state index in [1.54, 1.807) is 6.33 Å². The molecule has 1 N–H and O–H groups in total. The number of aromatic amines is 1. The quantitative estimate of drug-likeness (QED) is 0.631. The van der Waals surface area contributed by atoms with E-state index < -0.39 is 0 Å². The van der Waals surface area contributed by atoms with Gasteiger partial charge in [0, 0.05) is 6.54 Å². The first kappa shape index (κ1) is 16.7. The number of imidazole rings is 1. The van der Waals surface area contributed by atoms with Crippen molar-refractivity contribution in [3.05, 3.63) is 66.0 Å². The molecule has 0 fully saturated rings. The van der Waals surface area contributed by atoms with Crippen molar-refractivity contribution in [2.24, 2.45) is 0 Å². The van der Waals surface area contributed by atoms with Crippen LogP contribution in [0.25, 0.3) is 11.0 Å². The minimum Gasteiger partial charge on any atom is -0.345 e. The van der Waals surface area contributed by atoms with Gasteiger partial charge in [-0.25, -0.2) is 4.98 Å². The van der Waals surface area contributed by atoms with Crippen LogP contribution in [0.5, 0.6) is 0 Å². The SMILES string of the molecule is CCCN(CCCc1ccccc1)CCc1ccc2nc[nH]c2c1. The van der Waals surface area contributed by atoms with Crippen LogP contribution in [-0.2, 0) is 12.8 Å². The molecular formula is C21H27N3. The number of nitrogens with one attached hydrogen (secondary N) is 1. The highest BCUT2D eigenvalue weighted by molar-refractivity contribution is 5.75. The van der Waals surface area contributed by atoms with E-state index in [-0.39, 0.29) is 0 Å². The largest absolute Gasteiger partial charge is 0.345 e. The van der Waals surface area contributed by atoms with Gasteiger partial charge in [0.15, 0.2) is 0 Å². The van der Waals surface area contributed by atoms with Crippen molar-refractivity contribution in [3.8, 4) is 0 Å². The fourth-order valence-corrected chi connectivity index (χ4v) is 3.23. The Labute approximate surface area is 144 Å². The van der Waals surface area contributed by atoms with Crippen LogP contribution in [0.3, 0.4) is 0 Å². The maximum atomic E-state index is 4.29. The minimum atomic E-state index is 1.05. The molecule has 24 heavy (non-hydrogen) atoms. The summed E-state index contributed by atoms with van der Waals surface area (Å²) in [6.45, 7) is 5.75. The molecule has 1 aromatic heterocycles.